The summed E-state index contributed by atoms with van der Waals surface area (Å²) in [6, 6.07) is 13.7. The molecule has 0 radical (unpaired) electrons. The number of anilines is 1. The lowest BCUT2D eigenvalue weighted by molar-refractivity contribution is -0.136. The van der Waals surface area contributed by atoms with Crippen LogP contribution in [0.25, 0.3) is 0 Å². The number of hydrogen-bond donors (Lipinski definition) is 2. The molecule has 2 aromatic rings. The van der Waals surface area contributed by atoms with Crippen molar-refractivity contribution in [3.05, 3.63) is 64.7 Å². The van der Waals surface area contributed by atoms with Crippen molar-refractivity contribution in [2.24, 2.45) is 0 Å². The highest BCUT2D eigenvalue weighted by Crippen LogP contribution is 2.22. The zero-order chi connectivity index (χ0) is 17.5. The van der Waals surface area contributed by atoms with Crippen LogP contribution in [0.15, 0.2) is 42.5 Å². The smallest absolute Gasteiger partial charge is 0.313 e. The number of rotatable bonds is 5. The molecule has 4 nitrogen and oxygen atoms in total. The van der Waals surface area contributed by atoms with Crippen molar-refractivity contribution in [2.75, 3.05) is 5.32 Å². The monoisotopic (exact) mass is 324 g/mol. The number of hydrogen-bond acceptors (Lipinski definition) is 2. The van der Waals surface area contributed by atoms with Gasteiger partial charge in [-0.1, -0.05) is 56.3 Å². The van der Waals surface area contributed by atoms with E-state index in [0.29, 0.717) is 6.54 Å². The molecule has 0 aliphatic rings. The third kappa shape index (κ3) is 4.22. The average molecular weight is 324 g/mol. The van der Waals surface area contributed by atoms with E-state index < -0.39 is 11.8 Å². The van der Waals surface area contributed by atoms with Crippen LogP contribution in [0.5, 0.6) is 0 Å². The van der Waals surface area contributed by atoms with Crippen molar-refractivity contribution in [1.82, 2.24) is 5.32 Å². The van der Waals surface area contributed by atoms with Crippen LogP contribution < -0.4 is 10.6 Å². The van der Waals surface area contributed by atoms with E-state index in [-0.39, 0.29) is 0 Å². The highest BCUT2D eigenvalue weighted by Gasteiger charge is 2.16. The molecule has 0 fully saturated rings. The Morgan fingerprint density at radius 2 is 1.42 bits per heavy atom. The molecule has 2 N–H and O–H groups in total. The van der Waals surface area contributed by atoms with Crippen molar-refractivity contribution in [1.29, 1.82) is 0 Å². The Hall–Kier alpha value is -2.62. The Labute approximate surface area is 143 Å². The molecule has 0 aromatic heterocycles. The van der Waals surface area contributed by atoms with Crippen LogP contribution in [-0.4, -0.2) is 11.8 Å². The molecular weight excluding hydrogens is 300 g/mol. The van der Waals surface area contributed by atoms with E-state index in [1.165, 1.54) is 0 Å². The van der Waals surface area contributed by atoms with Gasteiger partial charge >= 0.3 is 11.8 Å². The Kier molecular flexibility index (Phi) is 6.13. The van der Waals surface area contributed by atoms with Gasteiger partial charge in [-0.3, -0.25) is 9.59 Å². The number of carbonyl (C=O) groups excluding carboxylic acids is 2. The van der Waals surface area contributed by atoms with Gasteiger partial charge in [-0.2, -0.15) is 0 Å². The first-order chi connectivity index (χ1) is 11.6. The first-order valence-electron chi connectivity index (χ1n) is 8.31. The number of aryl methyl sites for hydroxylation is 3. The van der Waals surface area contributed by atoms with E-state index in [2.05, 4.69) is 10.6 Å². The molecule has 0 atom stereocenters. The third-order valence-electron chi connectivity index (χ3n) is 4.14. The van der Waals surface area contributed by atoms with E-state index in [4.69, 9.17) is 0 Å². The van der Waals surface area contributed by atoms with Crippen LogP contribution in [0.2, 0.25) is 0 Å². The fourth-order valence-electron chi connectivity index (χ4n) is 2.64. The number of nitrogens with one attached hydrogen (secondary N) is 2. The van der Waals surface area contributed by atoms with Crippen LogP contribution in [-0.2, 0) is 29.0 Å². The van der Waals surface area contributed by atoms with Gasteiger partial charge in [0.2, 0.25) is 0 Å². The van der Waals surface area contributed by atoms with Gasteiger partial charge in [0.15, 0.2) is 0 Å². The first-order valence-corrected chi connectivity index (χ1v) is 8.31. The van der Waals surface area contributed by atoms with Gasteiger partial charge in [-0.25, -0.2) is 0 Å². The number of amides is 2. The molecule has 126 valence electrons. The minimum Gasteiger partial charge on any atom is -0.344 e. The minimum atomic E-state index is -0.626. The van der Waals surface area contributed by atoms with Crippen LogP contribution in [0.3, 0.4) is 0 Å². The van der Waals surface area contributed by atoms with E-state index in [1.54, 1.807) is 0 Å². The second-order valence-electron chi connectivity index (χ2n) is 5.72. The van der Waals surface area contributed by atoms with Crippen LogP contribution >= 0.6 is 0 Å². The maximum absolute atomic E-state index is 12.2. The molecule has 0 aliphatic carbocycles. The van der Waals surface area contributed by atoms with Gasteiger partial charge in [0.1, 0.15) is 0 Å². The van der Waals surface area contributed by atoms with Crippen molar-refractivity contribution >= 4 is 17.5 Å². The Bertz CT molecular complexity index is 716. The summed E-state index contributed by atoms with van der Waals surface area (Å²) in [5, 5.41) is 5.46. The normalized spacial score (nSPS) is 10.3. The SMILES string of the molecule is CCc1cccc(CC)c1NC(=O)C(=O)NCc1ccccc1C. The second-order valence-corrected chi connectivity index (χ2v) is 5.72. The van der Waals surface area contributed by atoms with Crippen molar-refractivity contribution in [3.63, 3.8) is 0 Å². The summed E-state index contributed by atoms with van der Waals surface area (Å²) >= 11 is 0. The van der Waals surface area contributed by atoms with Crippen molar-refractivity contribution < 1.29 is 9.59 Å². The second kappa shape index (κ2) is 8.29. The van der Waals surface area contributed by atoms with E-state index in [0.717, 1.165) is 40.8 Å². The summed E-state index contributed by atoms with van der Waals surface area (Å²) in [4.78, 5) is 24.3. The van der Waals surface area contributed by atoms with Gasteiger partial charge in [0, 0.05) is 12.2 Å². The molecule has 4 heteroatoms. The summed E-state index contributed by atoms with van der Waals surface area (Å²) in [5.74, 6) is -1.25. The number of benzene rings is 2. The van der Waals surface area contributed by atoms with E-state index >= 15 is 0 Å². The van der Waals surface area contributed by atoms with Gasteiger partial charge < -0.3 is 10.6 Å². The maximum atomic E-state index is 12.2. The third-order valence-corrected chi connectivity index (χ3v) is 4.14. The summed E-state index contributed by atoms with van der Waals surface area (Å²) in [7, 11) is 0. The molecule has 0 bridgehead atoms. The number of para-hydroxylation sites is 1. The van der Waals surface area contributed by atoms with E-state index in [9.17, 15) is 9.59 Å². The lowest BCUT2D eigenvalue weighted by atomic mass is 10.0. The lowest BCUT2D eigenvalue weighted by Crippen LogP contribution is -2.35. The first kappa shape index (κ1) is 17.7. The molecule has 0 heterocycles. The topological polar surface area (TPSA) is 58.2 Å². The largest absolute Gasteiger partial charge is 0.344 e. The summed E-state index contributed by atoms with van der Waals surface area (Å²) < 4.78 is 0. The molecule has 0 spiro atoms. The fraction of sp³-hybridized carbons (Fsp3) is 0.300. The van der Waals surface area contributed by atoms with Crippen molar-refractivity contribution in [3.8, 4) is 0 Å². The maximum Gasteiger partial charge on any atom is 0.313 e. The van der Waals surface area contributed by atoms with E-state index in [1.807, 2.05) is 63.2 Å². The molecule has 2 rings (SSSR count). The molecular formula is C20H24N2O2. The standard InChI is InChI=1S/C20H24N2O2/c1-4-15-11-8-12-16(5-2)18(15)22-20(24)19(23)21-13-17-10-7-6-9-14(17)3/h6-12H,4-5,13H2,1-3H3,(H,21,23)(H,22,24). The molecule has 0 aliphatic heterocycles. The highest BCUT2D eigenvalue weighted by atomic mass is 16.2. The van der Waals surface area contributed by atoms with Gasteiger partial charge in [0.05, 0.1) is 0 Å². The average Bonchev–Trinajstić information content (AvgIpc) is 2.60. The Balaban J connectivity index is 2.05. The lowest BCUT2D eigenvalue weighted by Gasteiger charge is -2.14. The van der Waals surface area contributed by atoms with Gasteiger partial charge in [-0.15, -0.1) is 0 Å². The fourth-order valence-corrected chi connectivity index (χ4v) is 2.64. The molecule has 0 saturated carbocycles. The quantitative estimate of drug-likeness (QED) is 0.829. The van der Waals surface area contributed by atoms with Gasteiger partial charge in [-0.05, 0) is 42.0 Å². The minimum absolute atomic E-state index is 0.342. The van der Waals surface area contributed by atoms with Crippen LogP contribution in [0.1, 0.15) is 36.1 Å². The number of carbonyl (C=O) groups is 2. The van der Waals surface area contributed by atoms with Gasteiger partial charge in [0.25, 0.3) is 0 Å². The summed E-state index contributed by atoms with van der Waals surface area (Å²) in [6.45, 7) is 6.38. The zero-order valence-corrected chi connectivity index (χ0v) is 14.5. The molecule has 2 amide bonds. The zero-order valence-electron chi connectivity index (χ0n) is 14.5. The molecule has 2 aromatic carbocycles. The summed E-state index contributed by atoms with van der Waals surface area (Å²) in [6.07, 6.45) is 1.60. The highest BCUT2D eigenvalue weighted by molar-refractivity contribution is 6.39. The predicted octanol–water partition coefficient (Wildman–Crippen LogP) is 3.37. The molecule has 24 heavy (non-hydrogen) atoms. The summed E-state index contributed by atoms with van der Waals surface area (Å²) in [5.41, 5.74) is 4.92. The van der Waals surface area contributed by atoms with Crippen LogP contribution in [0, 0.1) is 6.92 Å². The predicted molar refractivity (Wildman–Crippen MR) is 96.9 cm³/mol. The molecule has 0 saturated heterocycles. The van der Waals surface area contributed by atoms with Crippen molar-refractivity contribution in [2.45, 2.75) is 40.2 Å². The molecule has 0 unspecified atom stereocenters. The Morgan fingerprint density at radius 1 is 0.833 bits per heavy atom. The van der Waals surface area contributed by atoms with Crippen LogP contribution in [0.4, 0.5) is 5.69 Å². The Morgan fingerprint density at radius 3 is 2.00 bits per heavy atom.